The number of ether oxygens (including phenoxy) is 1. The summed E-state index contributed by atoms with van der Waals surface area (Å²) in [6.07, 6.45) is 1.70. The highest BCUT2D eigenvalue weighted by molar-refractivity contribution is 5.80. The third-order valence-corrected chi connectivity index (χ3v) is 4.47. The number of halogens is 2. The van der Waals surface area contributed by atoms with Gasteiger partial charge in [0.25, 0.3) is 0 Å². The molecule has 1 aliphatic carbocycles. The number of guanidine groups is 1. The first-order valence-corrected chi connectivity index (χ1v) is 9.23. The summed E-state index contributed by atoms with van der Waals surface area (Å²) < 4.78 is 32.8. The van der Waals surface area contributed by atoms with Crippen molar-refractivity contribution in [3.05, 3.63) is 35.4 Å². The van der Waals surface area contributed by atoms with Crippen LogP contribution in [0.25, 0.3) is 0 Å². The van der Waals surface area contributed by atoms with E-state index < -0.39 is 11.6 Å². The molecule has 0 spiro atoms. The number of rotatable bonds is 10. The zero-order valence-corrected chi connectivity index (χ0v) is 15.9. The van der Waals surface area contributed by atoms with Gasteiger partial charge in [-0.15, -0.1) is 0 Å². The van der Waals surface area contributed by atoms with Crippen molar-refractivity contribution in [3.63, 3.8) is 0 Å². The quantitative estimate of drug-likeness (QED) is 0.378. The van der Waals surface area contributed by atoms with Gasteiger partial charge in [0.05, 0.1) is 6.54 Å². The molecule has 0 radical (unpaired) electrons. The molecule has 1 aromatic carbocycles. The Morgan fingerprint density at radius 3 is 2.69 bits per heavy atom. The van der Waals surface area contributed by atoms with Crippen LogP contribution in [0, 0.1) is 11.6 Å². The number of benzene rings is 1. The summed E-state index contributed by atoms with van der Waals surface area (Å²) >= 11 is 0. The number of methoxy groups -OCH3 is 1. The van der Waals surface area contributed by atoms with Gasteiger partial charge in [-0.05, 0) is 38.9 Å². The summed E-state index contributed by atoms with van der Waals surface area (Å²) in [5.41, 5.74) is 0.179. The molecule has 0 aliphatic heterocycles. The number of nitrogens with zero attached hydrogens (tertiary/aromatic N) is 2. The fourth-order valence-corrected chi connectivity index (χ4v) is 2.96. The van der Waals surface area contributed by atoms with Gasteiger partial charge in [-0.25, -0.2) is 8.78 Å². The lowest BCUT2D eigenvalue weighted by Gasteiger charge is -2.16. The predicted octanol–water partition coefficient (Wildman–Crippen LogP) is 2.34. The Morgan fingerprint density at radius 2 is 2.04 bits per heavy atom. The second-order valence-corrected chi connectivity index (χ2v) is 6.64. The molecular formula is C19H30F2N4O. The largest absolute Gasteiger partial charge is 0.385 e. The minimum Gasteiger partial charge on any atom is -0.385 e. The van der Waals surface area contributed by atoms with Crippen molar-refractivity contribution < 1.29 is 13.5 Å². The fraction of sp³-hybridized carbons (Fsp3) is 0.632. The van der Waals surface area contributed by atoms with E-state index in [0.29, 0.717) is 18.9 Å². The molecule has 1 fully saturated rings. The molecule has 26 heavy (non-hydrogen) atoms. The van der Waals surface area contributed by atoms with Gasteiger partial charge in [0.2, 0.25) is 0 Å². The molecule has 1 aliphatic rings. The maximum atomic E-state index is 13.9. The highest BCUT2D eigenvalue weighted by atomic mass is 19.1. The molecule has 0 aromatic heterocycles. The van der Waals surface area contributed by atoms with Gasteiger partial charge in [-0.3, -0.25) is 4.99 Å². The molecule has 2 unspecified atom stereocenters. The Kier molecular flexibility index (Phi) is 8.25. The van der Waals surface area contributed by atoms with Crippen LogP contribution in [0.4, 0.5) is 8.78 Å². The van der Waals surface area contributed by atoms with Crippen LogP contribution in [0.15, 0.2) is 23.2 Å². The van der Waals surface area contributed by atoms with Crippen LogP contribution in [-0.2, 0) is 4.74 Å². The van der Waals surface area contributed by atoms with Crippen molar-refractivity contribution in [1.29, 1.82) is 0 Å². The van der Waals surface area contributed by atoms with Crippen LogP contribution < -0.4 is 10.6 Å². The average Bonchev–Trinajstić information content (AvgIpc) is 3.34. The summed E-state index contributed by atoms with van der Waals surface area (Å²) in [4.78, 5) is 6.78. The molecule has 0 bridgehead atoms. The van der Waals surface area contributed by atoms with Gasteiger partial charge in [-0.1, -0.05) is 6.07 Å². The Balaban J connectivity index is 1.83. The minimum absolute atomic E-state index is 0.0126. The Morgan fingerprint density at radius 1 is 1.31 bits per heavy atom. The summed E-state index contributed by atoms with van der Waals surface area (Å²) in [7, 11) is 3.76. The summed E-state index contributed by atoms with van der Waals surface area (Å²) in [6, 6.07) is 4.03. The first-order chi connectivity index (χ1) is 12.6. The average molecular weight is 368 g/mol. The molecule has 0 amide bonds. The van der Waals surface area contributed by atoms with Crippen molar-refractivity contribution in [1.82, 2.24) is 15.5 Å². The first-order valence-electron chi connectivity index (χ1n) is 9.23. The number of hydrogen-bond donors (Lipinski definition) is 2. The van der Waals surface area contributed by atoms with Gasteiger partial charge in [-0.2, -0.15) is 0 Å². The molecule has 1 saturated carbocycles. The van der Waals surface area contributed by atoms with Crippen LogP contribution in [-0.4, -0.2) is 63.8 Å². The lowest BCUT2D eigenvalue weighted by atomic mass is 10.1. The van der Waals surface area contributed by atoms with Gasteiger partial charge >= 0.3 is 0 Å². The van der Waals surface area contributed by atoms with Crippen molar-refractivity contribution in [2.24, 2.45) is 4.99 Å². The summed E-state index contributed by atoms with van der Waals surface area (Å²) in [5.74, 6) is -0.392. The number of aliphatic imine (C=N–C) groups is 1. The molecule has 2 atom stereocenters. The first kappa shape index (κ1) is 20.6. The van der Waals surface area contributed by atoms with Crippen molar-refractivity contribution >= 4 is 5.96 Å². The van der Waals surface area contributed by atoms with Crippen LogP contribution >= 0.6 is 0 Å². The lowest BCUT2D eigenvalue weighted by molar-refractivity contribution is 0.180. The maximum absolute atomic E-state index is 13.9. The standard InChI is InChI=1S/C19H30F2N4O/c1-4-22-19(23-9-11-25(2)10-6-12-26-3)24-17-13-14(17)18-15(20)7-5-8-16(18)21/h5,7-8,14,17H,4,6,9-13H2,1-3H3,(H2,22,23,24). The second-order valence-electron chi connectivity index (χ2n) is 6.64. The summed E-state index contributed by atoms with van der Waals surface area (Å²) in [5, 5.41) is 6.48. The van der Waals surface area contributed by atoms with Gasteiger partial charge < -0.3 is 20.3 Å². The van der Waals surface area contributed by atoms with Crippen LogP contribution in [0.2, 0.25) is 0 Å². The number of likely N-dealkylation sites (N-methyl/N-ethyl adjacent to an activating group) is 1. The maximum Gasteiger partial charge on any atom is 0.191 e. The number of nitrogens with one attached hydrogen (secondary N) is 2. The monoisotopic (exact) mass is 368 g/mol. The third-order valence-electron chi connectivity index (χ3n) is 4.47. The van der Waals surface area contributed by atoms with Crippen LogP contribution in [0.1, 0.15) is 31.2 Å². The van der Waals surface area contributed by atoms with Crippen LogP contribution in [0.3, 0.4) is 0 Å². The number of hydrogen-bond acceptors (Lipinski definition) is 3. The fourth-order valence-electron chi connectivity index (χ4n) is 2.96. The highest BCUT2D eigenvalue weighted by Crippen LogP contribution is 2.42. The highest BCUT2D eigenvalue weighted by Gasteiger charge is 2.42. The molecule has 5 nitrogen and oxygen atoms in total. The molecule has 146 valence electrons. The van der Waals surface area contributed by atoms with E-state index in [1.165, 1.54) is 18.2 Å². The molecule has 1 aromatic rings. The van der Waals surface area contributed by atoms with Gasteiger partial charge in [0, 0.05) is 50.9 Å². The third kappa shape index (κ3) is 6.21. The van der Waals surface area contributed by atoms with Crippen LogP contribution in [0.5, 0.6) is 0 Å². The van der Waals surface area contributed by atoms with E-state index in [-0.39, 0.29) is 17.5 Å². The topological polar surface area (TPSA) is 48.9 Å². The molecular weight excluding hydrogens is 338 g/mol. The SMILES string of the molecule is CCNC(=NCCN(C)CCCOC)NC1CC1c1c(F)cccc1F. The Labute approximate surface area is 154 Å². The van der Waals surface area contributed by atoms with E-state index in [2.05, 4.69) is 27.6 Å². The van der Waals surface area contributed by atoms with E-state index in [1.807, 2.05) is 6.92 Å². The molecule has 0 heterocycles. The molecule has 0 saturated heterocycles. The zero-order chi connectivity index (χ0) is 18.9. The summed E-state index contributed by atoms with van der Waals surface area (Å²) in [6.45, 7) is 5.95. The Hall–Kier alpha value is -1.73. The van der Waals surface area contributed by atoms with E-state index in [0.717, 1.165) is 32.7 Å². The Bertz CT molecular complexity index is 577. The molecule has 2 N–H and O–H groups in total. The predicted molar refractivity (Wildman–Crippen MR) is 101 cm³/mol. The smallest absolute Gasteiger partial charge is 0.191 e. The van der Waals surface area contributed by atoms with E-state index in [4.69, 9.17) is 4.74 Å². The van der Waals surface area contributed by atoms with Gasteiger partial charge in [0.15, 0.2) is 5.96 Å². The van der Waals surface area contributed by atoms with E-state index >= 15 is 0 Å². The van der Waals surface area contributed by atoms with Crippen molar-refractivity contribution in [2.75, 3.05) is 46.9 Å². The second kappa shape index (κ2) is 10.4. The van der Waals surface area contributed by atoms with Crippen molar-refractivity contribution in [3.8, 4) is 0 Å². The molecule has 2 rings (SSSR count). The zero-order valence-electron chi connectivity index (χ0n) is 15.9. The van der Waals surface area contributed by atoms with Gasteiger partial charge in [0.1, 0.15) is 11.6 Å². The minimum atomic E-state index is -0.473. The normalized spacial score (nSPS) is 19.7. The lowest BCUT2D eigenvalue weighted by Crippen LogP contribution is -2.39. The van der Waals surface area contributed by atoms with Crippen molar-refractivity contribution in [2.45, 2.75) is 31.7 Å². The van der Waals surface area contributed by atoms with E-state index in [1.54, 1.807) is 7.11 Å². The molecule has 7 heteroatoms. The van der Waals surface area contributed by atoms with E-state index in [9.17, 15) is 8.78 Å².